The van der Waals surface area contributed by atoms with Crippen molar-refractivity contribution in [2.75, 3.05) is 25.5 Å². The highest BCUT2D eigenvalue weighted by Crippen LogP contribution is 2.40. The number of hydrogen-bond donors (Lipinski definition) is 1. The van der Waals surface area contributed by atoms with Crippen LogP contribution >= 0.6 is 0 Å². The smallest absolute Gasteiger partial charge is 0.244 e. The first-order chi connectivity index (χ1) is 13.3. The van der Waals surface area contributed by atoms with Gasteiger partial charge in [0.05, 0.1) is 19.3 Å². The Balaban J connectivity index is 1.96. The predicted molar refractivity (Wildman–Crippen MR) is 113 cm³/mol. The molecule has 0 bridgehead atoms. The number of rotatable bonds is 7. The Morgan fingerprint density at radius 1 is 1.14 bits per heavy atom. The molecule has 5 heteroatoms. The van der Waals surface area contributed by atoms with Gasteiger partial charge in [0.1, 0.15) is 5.75 Å². The average molecular weight is 389 g/mol. The standard InChI is InChI=1S/C23H36N2O3/c1-6-15-25(16-21(26)24-19-9-7-8-10-20(19)28-5)22(27)17-11-13-18(14-12-17)23(2,3)4/h7-10,17-18H,6,11-16H2,1-5H3,(H,24,26). The quantitative estimate of drug-likeness (QED) is 0.735. The van der Waals surface area contributed by atoms with Crippen molar-refractivity contribution in [3.8, 4) is 5.75 Å². The van der Waals surface area contributed by atoms with Gasteiger partial charge >= 0.3 is 0 Å². The van der Waals surface area contributed by atoms with Gasteiger partial charge in [-0.05, 0) is 55.6 Å². The number of carbonyl (C=O) groups is 2. The van der Waals surface area contributed by atoms with Crippen molar-refractivity contribution in [1.82, 2.24) is 4.90 Å². The molecule has 0 saturated heterocycles. The minimum atomic E-state index is -0.185. The van der Waals surface area contributed by atoms with Gasteiger partial charge in [0.25, 0.3) is 0 Å². The highest BCUT2D eigenvalue weighted by molar-refractivity contribution is 5.96. The molecule has 28 heavy (non-hydrogen) atoms. The van der Waals surface area contributed by atoms with Crippen LogP contribution in [0.25, 0.3) is 0 Å². The molecule has 2 amide bonds. The van der Waals surface area contributed by atoms with E-state index in [9.17, 15) is 9.59 Å². The number of hydrogen-bond acceptors (Lipinski definition) is 3. The number of methoxy groups -OCH3 is 1. The first-order valence-electron chi connectivity index (χ1n) is 10.5. The summed E-state index contributed by atoms with van der Waals surface area (Å²) in [5.41, 5.74) is 0.927. The molecular weight excluding hydrogens is 352 g/mol. The Morgan fingerprint density at radius 2 is 1.79 bits per heavy atom. The third-order valence-corrected chi connectivity index (χ3v) is 5.82. The molecule has 0 atom stereocenters. The Bertz CT molecular complexity index is 658. The molecule has 0 heterocycles. The molecular formula is C23H36N2O3. The zero-order chi connectivity index (χ0) is 20.7. The summed E-state index contributed by atoms with van der Waals surface area (Å²) < 4.78 is 5.28. The minimum absolute atomic E-state index is 0.0456. The van der Waals surface area contributed by atoms with Gasteiger partial charge in [0.2, 0.25) is 11.8 Å². The predicted octanol–water partition coefficient (Wildman–Crippen LogP) is 4.72. The van der Waals surface area contributed by atoms with Crippen molar-refractivity contribution in [2.45, 2.75) is 59.8 Å². The number of amides is 2. The van der Waals surface area contributed by atoms with Gasteiger partial charge in [-0.3, -0.25) is 9.59 Å². The topological polar surface area (TPSA) is 58.6 Å². The van der Waals surface area contributed by atoms with E-state index in [1.54, 1.807) is 24.1 Å². The van der Waals surface area contributed by atoms with Gasteiger partial charge in [0, 0.05) is 12.5 Å². The number of nitrogens with one attached hydrogen (secondary N) is 1. The first kappa shape index (κ1) is 22.3. The summed E-state index contributed by atoms with van der Waals surface area (Å²) in [6.07, 6.45) is 4.87. The van der Waals surface area contributed by atoms with Gasteiger partial charge in [-0.25, -0.2) is 0 Å². The molecule has 0 aromatic heterocycles. The van der Waals surface area contributed by atoms with Crippen LogP contribution in [-0.4, -0.2) is 36.9 Å². The van der Waals surface area contributed by atoms with E-state index in [0.29, 0.717) is 29.3 Å². The Labute approximate surface area is 169 Å². The molecule has 1 aromatic carbocycles. The summed E-state index contributed by atoms with van der Waals surface area (Å²) in [5.74, 6) is 1.28. The summed E-state index contributed by atoms with van der Waals surface area (Å²) in [4.78, 5) is 27.4. The SMILES string of the molecule is CCCN(CC(=O)Nc1ccccc1OC)C(=O)C1CCC(C(C)(C)C)CC1. The van der Waals surface area contributed by atoms with E-state index in [4.69, 9.17) is 4.74 Å². The van der Waals surface area contributed by atoms with Crippen molar-refractivity contribution < 1.29 is 14.3 Å². The second-order valence-electron chi connectivity index (χ2n) is 8.92. The number of carbonyl (C=O) groups excluding carboxylic acids is 2. The molecule has 1 aliphatic carbocycles. The maximum atomic E-state index is 13.1. The number of ether oxygens (including phenoxy) is 1. The van der Waals surface area contributed by atoms with Crippen molar-refractivity contribution in [2.24, 2.45) is 17.3 Å². The van der Waals surface area contributed by atoms with Gasteiger partial charge in [-0.2, -0.15) is 0 Å². The van der Waals surface area contributed by atoms with Crippen LogP contribution in [-0.2, 0) is 9.59 Å². The zero-order valence-electron chi connectivity index (χ0n) is 18.1. The van der Waals surface area contributed by atoms with E-state index in [2.05, 4.69) is 26.1 Å². The highest BCUT2D eigenvalue weighted by Gasteiger charge is 2.34. The van der Waals surface area contributed by atoms with Crippen LogP contribution < -0.4 is 10.1 Å². The minimum Gasteiger partial charge on any atom is -0.495 e. The second kappa shape index (κ2) is 9.94. The number of anilines is 1. The summed E-state index contributed by atoms with van der Waals surface area (Å²) in [7, 11) is 1.58. The molecule has 1 N–H and O–H groups in total. The maximum Gasteiger partial charge on any atom is 0.244 e. The third kappa shape index (κ3) is 5.98. The Hall–Kier alpha value is -2.04. The Morgan fingerprint density at radius 3 is 2.36 bits per heavy atom. The lowest BCUT2D eigenvalue weighted by Gasteiger charge is -2.37. The van der Waals surface area contributed by atoms with Crippen LogP contribution in [0, 0.1) is 17.3 Å². The van der Waals surface area contributed by atoms with Crippen LogP contribution in [0.1, 0.15) is 59.8 Å². The molecule has 5 nitrogen and oxygen atoms in total. The number of nitrogens with zero attached hydrogens (tertiary/aromatic N) is 1. The van der Waals surface area contributed by atoms with Crippen LogP contribution in [0.4, 0.5) is 5.69 Å². The normalized spacial score (nSPS) is 19.8. The summed E-state index contributed by atoms with van der Waals surface area (Å²) in [6, 6.07) is 7.31. The van der Waals surface area contributed by atoms with E-state index in [1.807, 2.05) is 19.1 Å². The largest absolute Gasteiger partial charge is 0.495 e. The van der Waals surface area contributed by atoms with E-state index in [1.165, 1.54) is 0 Å². The number of benzene rings is 1. The van der Waals surface area contributed by atoms with Crippen molar-refractivity contribution >= 4 is 17.5 Å². The zero-order valence-corrected chi connectivity index (χ0v) is 18.1. The van der Waals surface area contributed by atoms with Crippen LogP contribution in [0.15, 0.2) is 24.3 Å². The van der Waals surface area contributed by atoms with E-state index in [0.717, 1.165) is 32.1 Å². The first-order valence-corrected chi connectivity index (χ1v) is 10.5. The fourth-order valence-electron chi connectivity index (χ4n) is 4.11. The lowest BCUT2D eigenvalue weighted by molar-refractivity contribution is -0.139. The second-order valence-corrected chi connectivity index (χ2v) is 8.92. The van der Waals surface area contributed by atoms with Gasteiger partial charge in [-0.1, -0.05) is 39.8 Å². The molecule has 1 fully saturated rings. The van der Waals surface area contributed by atoms with Crippen LogP contribution in [0.5, 0.6) is 5.75 Å². The van der Waals surface area contributed by atoms with E-state index in [-0.39, 0.29) is 24.3 Å². The van der Waals surface area contributed by atoms with Crippen molar-refractivity contribution in [1.29, 1.82) is 0 Å². The average Bonchev–Trinajstić information content (AvgIpc) is 2.67. The molecule has 1 aliphatic rings. The van der Waals surface area contributed by atoms with Gasteiger partial charge in [-0.15, -0.1) is 0 Å². The fraction of sp³-hybridized carbons (Fsp3) is 0.652. The summed E-state index contributed by atoms with van der Waals surface area (Å²) in [6.45, 7) is 9.58. The molecule has 0 spiro atoms. The maximum absolute atomic E-state index is 13.1. The van der Waals surface area contributed by atoms with Crippen molar-refractivity contribution in [3.63, 3.8) is 0 Å². The lowest BCUT2D eigenvalue weighted by Crippen LogP contribution is -2.43. The van der Waals surface area contributed by atoms with Gasteiger partial charge < -0.3 is 15.0 Å². The van der Waals surface area contributed by atoms with Crippen molar-refractivity contribution in [3.05, 3.63) is 24.3 Å². The molecule has 2 rings (SSSR count). The summed E-state index contributed by atoms with van der Waals surface area (Å²) >= 11 is 0. The van der Waals surface area contributed by atoms with Gasteiger partial charge in [0.15, 0.2) is 0 Å². The molecule has 1 saturated carbocycles. The molecule has 0 radical (unpaired) electrons. The molecule has 1 aromatic rings. The van der Waals surface area contributed by atoms with Crippen LogP contribution in [0.3, 0.4) is 0 Å². The lowest BCUT2D eigenvalue weighted by atomic mass is 9.69. The molecule has 0 aliphatic heterocycles. The fourth-order valence-corrected chi connectivity index (χ4v) is 4.11. The number of para-hydroxylation sites is 2. The van der Waals surface area contributed by atoms with E-state index < -0.39 is 0 Å². The molecule has 0 unspecified atom stereocenters. The van der Waals surface area contributed by atoms with E-state index >= 15 is 0 Å². The summed E-state index contributed by atoms with van der Waals surface area (Å²) in [5, 5.41) is 2.88. The third-order valence-electron chi connectivity index (χ3n) is 5.82. The van der Waals surface area contributed by atoms with Crippen LogP contribution in [0.2, 0.25) is 0 Å². The molecule has 156 valence electrons. The monoisotopic (exact) mass is 388 g/mol. The Kier molecular flexibility index (Phi) is 7.90. The highest BCUT2D eigenvalue weighted by atomic mass is 16.5.